The van der Waals surface area contributed by atoms with Crippen LogP contribution in [0.15, 0.2) is 17.5 Å². The zero-order valence-corrected chi connectivity index (χ0v) is 15.1. The van der Waals surface area contributed by atoms with Crippen molar-refractivity contribution in [1.29, 1.82) is 0 Å². The van der Waals surface area contributed by atoms with E-state index >= 15 is 0 Å². The number of nitrogens with two attached hydrogens (primary N) is 1. The first-order valence-electron chi connectivity index (χ1n) is 8.35. The van der Waals surface area contributed by atoms with Gasteiger partial charge in [0.1, 0.15) is 6.04 Å². The number of quaternary nitrogens is 1. The molecule has 1 aliphatic rings. The summed E-state index contributed by atoms with van der Waals surface area (Å²) in [4.78, 5) is 1.49. The Morgan fingerprint density at radius 1 is 1.33 bits per heavy atom. The minimum Gasteiger partial charge on any atom is -0.376 e. The van der Waals surface area contributed by atoms with Gasteiger partial charge >= 0.3 is 0 Å². The number of hydrogen-bond donors (Lipinski definition) is 1. The van der Waals surface area contributed by atoms with Crippen LogP contribution in [-0.4, -0.2) is 18.8 Å². The Morgan fingerprint density at radius 3 is 2.67 bits per heavy atom. The molecule has 0 unspecified atom stereocenters. The summed E-state index contributed by atoms with van der Waals surface area (Å²) in [6.07, 6.45) is 3.71. The van der Waals surface area contributed by atoms with E-state index in [1.807, 2.05) is 11.3 Å². The molecule has 0 saturated carbocycles. The molecule has 0 aromatic carbocycles. The van der Waals surface area contributed by atoms with Gasteiger partial charge in [-0.2, -0.15) is 0 Å². The third-order valence-corrected chi connectivity index (χ3v) is 6.32. The first-order valence-corrected chi connectivity index (χ1v) is 9.23. The summed E-state index contributed by atoms with van der Waals surface area (Å²) in [5, 5.41) is 4.69. The molecule has 120 valence electrons. The lowest BCUT2D eigenvalue weighted by atomic mass is 9.65. The van der Waals surface area contributed by atoms with Crippen LogP contribution in [0.2, 0.25) is 0 Å². The molecule has 3 heteroatoms. The Labute approximate surface area is 134 Å². The molecule has 21 heavy (non-hydrogen) atoms. The van der Waals surface area contributed by atoms with Crippen LogP contribution in [0.3, 0.4) is 0 Å². The van der Waals surface area contributed by atoms with Crippen molar-refractivity contribution in [3.63, 3.8) is 0 Å². The molecule has 0 spiro atoms. The zero-order valence-electron chi connectivity index (χ0n) is 14.3. The quantitative estimate of drug-likeness (QED) is 0.844. The van der Waals surface area contributed by atoms with Crippen LogP contribution < -0.4 is 5.32 Å². The van der Waals surface area contributed by atoms with Crippen LogP contribution >= 0.6 is 11.3 Å². The van der Waals surface area contributed by atoms with Gasteiger partial charge in [0.15, 0.2) is 0 Å². The van der Waals surface area contributed by atoms with Crippen molar-refractivity contribution >= 4 is 11.3 Å². The molecule has 2 heterocycles. The largest absolute Gasteiger partial charge is 0.376 e. The highest BCUT2D eigenvalue weighted by Gasteiger charge is 2.43. The second-order valence-corrected chi connectivity index (χ2v) is 8.61. The van der Waals surface area contributed by atoms with E-state index in [4.69, 9.17) is 4.74 Å². The SMILES string of the molecule is CC(C)[C@@]1(CC[NH2+][C@H](C)c2cccs2)CCOC(C)(C)C1. The summed E-state index contributed by atoms with van der Waals surface area (Å²) in [6.45, 7) is 13.7. The lowest BCUT2D eigenvalue weighted by molar-refractivity contribution is -0.694. The van der Waals surface area contributed by atoms with E-state index in [9.17, 15) is 0 Å². The molecule has 0 bridgehead atoms. The fourth-order valence-corrected chi connectivity index (χ4v) is 4.58. The fraction of sp³-hybridized carbons (Fsp3) is 0.778. The zero-order chi connectivity index (χ0) is 15.5. The maximum Gasteiger partial charge on any atom is 0.118 e. The number of ether oxygens (including phenoxy) is 1. The first kappa shape index (κ1) is 17.0. The highest BCUT2D eigenvalue weighted by molar-refractivity contribution is 7.10. The van der Waals surface area contributed by atoms with E-state index in [1.165, 1.54) is 30.7 Å². The average molecular weight is 311 g/mol. The standard InChI is InChI=1S/C18H31NOS/c1-14(2)18(9-11-20-17(4,5)13-18)8-10-19-15(3)16-7-6-12-21-16/h6-7,12,14-15,19H,8-11,13H2,1-5H3/p+1/t15-,18+/m1/s1. The Bertz CT molecular complexity index is 426. The predicted octanol–water partition coefficient (Wildman–Crippen LogP) is 3.99. The summed E-state index contributed by atoms with van der Waals surface area (Å²) >= 11 is 1.87. The molecule has 0 amide bonds. The summed E-state index contributed by atoms with van der Waals surface area (Å²) in [5.74, 6) is 0.728. The minimum atomic E-state index is 0.0435. The van der Waals surface area contributed by atoms with Gasteiger partial charge in [0.05, 0.1) is 17.0 Å². The van der Waals surface area contributed by atoms with Gasteiger partial charge in [0.2, 0.25) is 0 Å². The van der Waals surface area contributed by atoms with Crippen LogP contribution in [-0.2, 0) is 4.74 Å². The van der Waals surface area contributed by atoms with Crippen LogP contribution in [0.25, 0.3) is 0 Å². The lowest BCUT2D eigenvalue weighted by Gasteiger charge is -2.47. The van der Waals surface area contributed by atoms with Crippen LogP contribution in [0.1, 0.15) is 64.8 Å². The molecule has 1 aliphatic heterocycles. The third kappa shape index (κ3) is 4.30. The Hall–Kier alpha value is -0.380. The van der Waals surface area contributed by atoms with Gasteiger partial charge in [-0.05, 0) is 56.4 Å². The maximum absolute atomic E-state index is 5.95. The van der Waals surface area contributed by atoms with E-state index < -0.39 is 0 Å². The normalized spacial score (nSPS) is 27.0. The summed E-state index contributed by atoms with van der Waals surface area (Å²) < 4.78 is 5.95. The van der Waals surface area contributed by atoms with Gasteiger partial charge < -0.3 is 10.1 Å². The highest BCUT2D eigenvalue weighted by atomic mass is 32.1. The van der Waals surface area contributed by atoms with Crippen molar-refractivity contribution in [1.82, 2.24) is 0 Å². The van der Waals surface area contributed by atoms with Gasteiger partial charge in [-0.1, -0.05) is 19.9 Å². The lowest BCUT2D eigenvalue weighted by Crippen LogP contribution is -2.85. The van der Waals surface area contributed by atoms with E-state index in [1.54, 1.807) is 0 Å². The number of hydrogen-bond acceptors (Lipinski definition) is 2. The first-order chi connectivity index (χ1) is 9.85. The monoisotopic (exact) mass is 310 g/mol. The van der Waals surface area contributed by atoms with Crippen molar-refractivity contribution in [2.75, 3.05) is 13.2 Å². The summed E-state index contributed by atoms with van der Waals surface area (Å²) in [6, 6.07) is 4.99. The van der Waals surface area contributed by atoms with E-state index in [0.717, 1.165) is 12.5 Å². The molecule has 2 N–H and O–H groups in total. The molecule has 2 nitrogen and oxygen atoms in total. The van der Waals surface area contributed by atoms with E-state index in [-0.39, 0.29) is 5.60 Å². The Kier molecular flexibility index (Phi) is 5.50. The fourth-order valence-electron chi connectivity index (χ4n) is 3.80. The molecule has 0 radical (unpaired) electrons. The minimum absolute atomic E-state index is 0.0435. The Morgan fingerprint density at radius 2 is 2.10 bits per heavy atom. The summed E-state index contributed by atoms with van der Waals surface area (Å²) in [5.41, 5.74) is 0.495. The Balaban J connectivity index is 1.91. The van der Waals surface area contributed by atoms with Crippen molar-refractivity contribution in [3.05, 3.63) is 22.4 Å². The predicted molar refractivity (Wildman–Crippen MR) is 90.7 cm³/mol. The molecule has 2 rings (SSSR count). The smallest absolute Gasteiger partial charge is 0.118 e. The van der Waals surface area contributed by atoms with Crippen LogP contribution in [0.4, 0.5) is 0 Å². The van der Waals surface area contributed by atoms with Crippen molar-refractivity contribution in [2.24, 2.45) is 11.3 Å². The van der Waals surface area contributed by atoms with Crippen molar-refractivity contribution < 1.29 is 10.1 Å². The molecule has 0 aliphatic carbocycles. The van der Waals surface area contributed by atoms with Gasteiger partial charge in [0.25, 0.3) is 0 Å². The maximum atomic E-state index is 5.95. The van der Waals surface area contributed by atoms with Gasteiger partial charge in [-0.15, -0.1) is 11.3 Å². The molecular formula is C18H32NOS+. The van der Waals surface area contributed by atoms with Gasteiger partial charge in [0, 0.05) is 13.0 Å². The van der Waals surface area contributed by atoms with Gasteiger partial charge in [-0.25, -0.2) is 0 Å². The second-order valence-electron chi connectivity index (χ2n) is 7.63. The van der Waals surface area contributed by atoms with E-state index in [2.05, 4.69) is 57.4 Å². The molecule has 1 saturated heterocycles. The number of thiophene rings is 1. The van der Waals surface area contributed by atoms with Crippen LogP contribution in [0, 0.1) is 11.3 Å². The van der Waals surface area contributed by atoms with Gasteiger partial charge in [-0.3, -0.25) is 0 Å². The molecule has 1 fully saturated rings. The number of rotatable bonds is 6. The van der Waals surface area contributed by atoms with E-state index in [0.29, 0.717) is 11.5 Å². The second kappa shape index (κ2) is 6.80. The highest BCUT2D eigenvalue weighted by Crippen LogP contribution is 2.46. The molecule has 1 aromatic heterocycles. The van der Waals surface area contributed by atoms with Crippen molar-refractivity contribution in [3.8, 4) is 0 Å². The third-order valence-electron chi connectivity index (χ3n) is 5.25. The van der Waals surface area contributed by atoms with Crippen molar-refractivity contribution in [2.45, 2.75) is 65.5 Å². The molecule has 1 aromatic rings. The molecular weight excluding hydrogens is 278 g/mol. The van der Waals surface area contributed by atoms with Crippen LogP contribution in [0.5, 0.6) is 0 Å². The molecule has 2 atom stereocenters. The topological polar surface area (TPSA) is 25.8 Å². The summed E-state index contributed by atoms with van der Waals surface area (Å²) in [7, 11) is 0. The average Bonchev–Trinajstić information content (AvgIpc) is 2.91.